The Morgan fingerprint density at radius 3 is 3.00 bits per heavy atom. The number of benzene rings is 1. The Bertz CT molecular complexity index is 768. The van der Waals surface area contributed by atoms with E-state index in [4.69, 9.17) is 4.74 Å². The highest BCUT2D eigenvalue weighted by molar-refractivity contribution is 5.78. The van der Waals surface area contributed by atoms with Gasteiger partial charge in [-0.3, -0.25) is 4.79 Å². The molecular formula is C18H21FN4O2. The standard InChI is InChI=1S/C18H21FN4O2/c1-12-21-15(10-17(20-2)22-12)16-7-4-8-23(16)18(24)11-25-14-6-3-5-13(19)9-14/h3,5-6,9-10,16H,4,7-8,11H2,1-2H3,(H,20,21,22). The third-order valence-electron chi connectivity index (χ3n) is 4.19. The monoisotopic (exact) mass is 344 g/mol. The number of halogens is 1. The molecule has 2 aromatic rings. The molecule has 0 radical (unpaired) electrons. The van der Waals surface area contributed by atoms with Gasteiger partial charge in [-0.15, -0.1) is 0 Å². The Labute approximate surface area is 146 Å². The first kappa shape index (κ1) is 17.1. The molecule has 1 aliphatic heterocycles. The van der Waals surface area contributed by atoms with Gasteiger partial charge in [0.1, 0.15) is 23.2 Å². The van der Waals surface area contributed by atoms with Crippen molar-refractivity contribution in [3.05, 3.63) is 47.7 Å². The molecule has 7 heteroatoms. The fourth-order valence-electron chi connectivity index (χ4n) is 3.05. The molecule has 6 nitrogen and oxygen atoms in total. The van der Waals surface area contributed by atoms with Crippen molar-refractivity contribution in [2.45, 2.75) is 25.8 Å². The van der Waals surface area contributed by atoms with Gasteiger partial charge < -0.3 is 15.0 Å². The van der Waals surface area contributed by atoms with Crippen LogP contribution in [0.15, 0.2) is 30.3 Å². The Morgan fingerprint density at radius 1 is 1.40 bits per heavy atom. The second-order valence-electron chi connectivity index (χ2n) is 5.97. The average Bonchev–Trinajstić information content (AvgIpc) is 3.09. The van der Waals surface area contributed by atoms with E-state index in [9.17, 15) is 9.18 Å². The second kappa shape index (κ2) is 7.46. The highest BCUT2D eigenvalue weighted by atomic mass is 19.1. The summed E-state index contributed by atoms with van der Waals surface area (Å²) in [4.78, 5) is 23.1. The molecule has 1 atom stereocenters. The van der Waals surface area contributed by atoms with Gasteiger partial charge in [0.2, 0.25) is 0 Å². The van der Waals surface area contributed by atoms with Crippen molar-refractivity contribution in [1.82, 2.24) is 14.9 Å². The highest BCUT2D eigenvalue weighted by Crippen LogP contribution is 2.31. The molecule has 1 unspecified atom stereocenters. The molecule has 0 bridgehead atoms. The van der Waals surface area contributed by atoms with Gasteiger partial charge in [0.25, 0.3) is 5.91 Å². The Morgan fingerprint density at radius 2 is 2.24 bits per heavy atom. The third kappa shape index (κ3) is 4.04. The number of anilines is 1. The Balaban J connectivity index is 1.70. The van der Waals surface area contributed by atoms with Gasteiger partial charge >= 0.3 is 0 Å². The van der Waals surface area contributed by atoms with E-state index >= 15 is 0 Å². The molecule has 1 aromatic carbocycles. The number of hydrogen-bond donors (Lipinski definition) is 1. The zero-order valence-corrected chi connectivity index (χ0v) is 14.3. The molecular weight excluding hydrogens is 323 g/mol. The van der Waals surface area contributed by atoms with Crippen LogP contribution < -0.4 is 10.1 Å². The molecule has 0 spiro atoms. The van der Waals surface area contributed by atoms with E-state index in [1.807, 2.05) is 13.0 Å². The first-order chi connectivity index (χ1) is 12.1. The number of aromatic nitrogens is 2. The van der Waals surface area contributed by atoms with Crippen molar-refractivity contribution < 1.29 is 13.9 Å². The van der Waals surface area contributed by atoms with Gasteiger partial charge in [-0.1, -0.05) is 6.07 Å². The maximum absolute atomic E-state index is 13.2. The summed E-state index contributed by atoms with van der Waals surface area (Å²) in [5.74, 6) is 1.23. The number of amides is 1. The number of hydrogen-bond acceptors (Lipinski definition) is 5. The van der Waals surface area contributed by atoms with Gasteiger partial charge in [0.05, 0.1) is 11.7 Å². The number of aryl methyl sites for hydroxylation is 1. The number of nitrogens with one attached hydrogen (secondary N) is 1. The minimum atomic E-state index is -0.389. The maximum Gasteiger partial charge on any atom is 0.261 e. The highest BCUT2D eigenvalue weighted by Gasteiger charge is 2.31. The van der Waals surface area contributed by atoms with Crippen molar-refractivity contribution in [3.8, 4) is 5.75 Å². The summed E-state index contributed by atoms with van der Waals surface area (Å²) < 4.78 is 18.6. The van der Waals surface area contributed by atoms with Crippen LogP contribution in [-0.4, -0.2) is 41.0 Å². The van der Waals surface area contributed by atoms with E-state index in [0.29, 0.717) is 18.1 Å². The first-order valence-electron chi connectivity index (χ1n) is 8.28. The Hall–Kier alpha value is -2.70. The predicted molar refractivity (Wildman–Crippen MR) is 91.9 cm³/mol. The molecule has 3 rings (SSSR count). The topological polar surface area (TPSA) is 67.4 Å². The van der Waals surface area contributed by atoms with Gasteiger partial charge in [0.15, 0.2) is 6.61 Å². The minimum absolute atomic E-state index is 0.0857. The van der Waals surface area contributed by atoms with Crippen molar-refractivity contribution in [1.29, 1.82) is 0 Å². The number of nitrogens with zero attached hydrogens (tertiary/aromatic N) is 3. The summed E-state index contributed by atoms with van der Waals surface area (Å²) in [7, 11) is 1.80. The van der Waals surface area contributed by atoms with E-state index in [0.717, 1.165) is 24.4 Å². The van der Waals surface area contributed by atoms with Crippen molar-refractivity contribution >= 4 is 11.7 Å². The van der Waals surface area contributed by atoms with E-state index in [-0.39, 0.29) is 24.4 Å². The quantitative estimate of drug-likeness (QED) is 0.903. The summed E-state index contributed by atoms with van der Waals surface area (Å²) in [6.07, 6.45) is 1.76. The SMILES string of the molecule is CNc1cc(C2CCCN2C(=O)COc2cccc(F)c2)nc(C)n1. The largest absolute Gasteiger partial charge is 0.484 e. The van der Waals surface area contributed by atoms with Crippen LogP contribution in [0.3, 0.4) is 0 Å². The number of ether oxygens (including phenoxy) is 1. The molecule has 1 saturated heterocycles. The lowest BCUT2D eigenvalue weighted by molar-refractivity contribution is -0.134. The van der Waals surface area contributed by atoms with Crippen LogP contribution in [0, 0.1) is 12.7 Å². The summed E-state index contributed by atoms with van der Waals surface area (Å²) >= 11 is 0. The van der Waals surface area contributed by atoms with E-state index in [1.165, 1.54) is 12.1 Å². The molecule has 132 valence electrons. The number of rotatable bonds is 5. The van der Waals surface area contributed by atoms with Crippen LogP contribution in [0.2, 0.25) is 0 Å². The van der Waals surface area contributed by atoms with Crippen LogP contribution in [0.5, 0.6) is 5.75 Å². The van der Waals surface area contributed by atoms with Crippen molar-refractivity contribution in [3.63, 3.8) is 0 Å². The summed E-state index contributed by atoms with van der Waals surface area (Å²) in [6.45, 7) is 2.37. The second-order valence-corrected chi connectivity index (χ2v) is 5.97. The van der Waals surface area contributed by atoms with Gasteiger partial charge in [-0.25, -0.2) is 14.4 Å². The zero-order valence-electron chi connectivity index (χ0n) is 14.3. The third-order valence-corrected chi connectivity index (χ3v) is 4.19. The Kier molecular flexibility index (Phi) is 5.11. The molecule has 1 N–H and O–H groups in total. The van der Waals surface area contributed by atoms with E-state index in [2.05, 4.69) is 15.3 Å². The molecule has 1 aromatic heterocycles. The molecule has 25 heavy (non-hydrogen) atoms. The van der Waals surface area contributed by atoms with Crippen molar-refractivity contribution in [2.75, 3.05) is 25.5 Å². The van der Waals surface area contributed by atoms with Crippen LogP contribution in [0.25, 0.3) is 0 Å². The van der Waals surface area contributed by atoms with Crippen molar-refractivity contribution in [2.24, 2.45) is 0 Å². The van der Waals surface area contributed by atoms with E-state index < -0.39 is 0 Å². The van der Waals surface area contributed by atoms with Gasteiger partial charge in [-0.05, 0) is 31.9 Å². The number of carbonyl (C=O) groups is 1. The van der Waals surface area contributed by atoms with Crippen LogP contribution in [-0.2, 0) is 4.79 Å². The fourth-order valence-corrected chi connectivity index (χ4v) is 3.05. The van der Waals surface area contributed by atoms with E-state index in [1.54, 1.807) is 24.1 Å². The maximum atomic E-state index is 13.2. The normalized spacial score (nSPS) is 16.8. The summed E-state index contributed by atoms with van der Waals surface area (Å²) in [6, 6.07) is 7.57. The van der Waals surface area contributed by atoms with Gasteiger partial charge in [0, 0.05) is 25.7 Å². The summed E-state index contributed by atoms with van der Waals surface area (Å²) in [5, 5.41) is 3.01. The lowest BCUT2D eigenvalue weighted by Crippen LogP contribution is -2.35. The fraction of sp³-hybridized carbons (Fsp3) is 0.389. The molecule has 1 amide bonds. The first-order valence-corrected chi connectivity index (χ1v) is 8.28. The van der Waals surface area contributed by atoms with Crippen LogP contribution >= 0.6 is 0 Å². The molecule has 2 heterocycles. The van der Waals surface area contributed by atoms with Crippen LogP contribution in [0.1, 0.15) is 30.4 Å². The predicted octanol–water partition coefficient (Wildman–Crippen LogP) is 2.71. The molecule has 1 aliphatic rings. The number of carbonyl (C=O) groups excluding carboxylic acids is 1. The molecule has 0 aliphatic carbocycles. The lowest BCUT2D eigenvalue weighted by Gasteiger charge is -2.24. The smallest absolute Gasteiger partial charge is 0.261 e. The molecule has 1 fully saturated rings. The summed E-state index contributed by atoms with van der Waals surface area (Å²) in [5.41, 5.74) is 0.827. The lowest BCUT2D eigenvalue weighted by atomic mass is 10.1. The zero-order chi connectivity index (χ0) is 17.8. The van der Waals surface area contributed by atoms with Crippen LogP contribution in [0.4, 0.5) is 10.2 Å². The van der Waals surface area contributed by atoms with Gasteiger partial charge in [-0.2, -0.15) is 0 Å². The number of likely N-dealkylation sites (tertiary alicyclic amines) is 1. The minimum Gasteiger partial charge on any atom is -0.484 e. The average molecular weight is 344 g/mol. The molecule has 0 saturated carbocycles.